The first-order valence-corrected chi connectivity index (χ1v) is 3.11. The van der Waals surface area contributed by atoms with Gasteiger partial charge in [0.2, 0.25) is 0 Å². The molecule has 0 spiro atoms. The third kappa shape index (κ3) is 1.50. The first-order chi connectivity index (χ1) is 5.66. The van der Waals surface area contributed by atoms with Gasteiger partial charge in [0, 0.05) is 0 Å². The Morgan fingerprint density at radius 1 is 1.33 bits per heavy atom. The zero-order chi connectivity index (χ0) is 9.14. The molecule has 0 saturated carbocycles. The van der Waals surface area contributed by atoms with Gasteiger partial charge in [-0.1, -0.05) is 15.8 Å². The van der Waals surface area contributed by atoms with Crippen molar-refractivity contribution >= 4 is 5.69 Å². The smallest absolute Gasteiger partial charge is 0.187 e. The predicted octanol–water partition coefficient (Wildman–Crippen LogP) is 2.22. The van der Waals surface area contributed by atoms with Crippen LogP contribution >= 0.6 is 0 Å². The van der Waals surface area contributed by atoms with Crippen LogP contribution in [0, 0.1) is 11.6 Å². The minimum absolute atomic E-state index is 0.349. The van der Waals surface area contributed by atoms with Gasteiger partial charge in [0.1, 0.15) is 5.69 Å². The lowest BCUT2D eigenvalue weighted by molar-refractivity contribution is 0.0574. The molecule has 0 aliphatic rings. The third-order valence-electron chi connectivity index (χ3n) is 1.28. The Morgan fingerprint density at radius 3 is 2.58 bits per heavy atom. The summed E-state index contributed by atoms with van der Waals surface area (Å²) in [4.78, 5) is 4.03. The van der Waals surface area contributed by atoms with Crippen molar-refractivity contribution < 1.29 is 18.1 Å². The van der Waals surface area contributed by atoms with Crippen LogP contribution in [0.5, 0.6) is 0 Å². The van der Waals surface area contributed by atoms with E-state index in [1.54, 1.807) is 0 Å². The Hall–Kier alpha value is -1.23. The van der Waals surface area contributed by atoms with Crippen molar-refractivity contribution in [2.75, 3.05) is 12.4 Å². The lowest BCUT2D eigenvalue weighted by Crippen LogP contribution is -2.11. The number of hydrogen-bond acceptors (Lipinski definition) is 2. The molecule has 12 heavy (non-hydrogen) atoms. The maximum atomic E-state index is 12.7. The van der Waals surface area contributed by atoms with Crippen LogP contribution in [0.1, 0.15) is 0 Å². The summed E-state index contributed by atoms with van der Waals surface area (Å²) in [5.41, 5.74) is -0.586. The highest BCUT2D eigenvalue weighted by molar-refractivity contribution is 5.43. The Labute approximate surface area is 67.1 Å². The first-order valence-electron chi connectivity index (χ1n) is 3.11. The molecule has 5 heteroatoms. The number of anilines is 1. The lowest BCUT2D eigenvalue weighted by Gasteiger charge is -2.10. The molecule has 66 valence electrons. The molecule has 0 aromatic heterocycles. The second-order valence-electron chi connectivity index (χ2n) is 2.00. The molecule has 1 rings (SSSR count). The monoisotopic (exact) mass is 177 g/mol. The van der Waals surface area contributed by atoms with Crippen LogP contribution < -0.4 is 5.29 Å². The van der Waals surface area contributed by atoms with Crippen LogP contribution in [0.25, 0.3) is 0 Å². The van der Waals surface area contributed by atoms with Crippen LogP contribution in [0.4, 0.5) is 18.9 Å². The highest BCUT2D eigenvalue weighted by atomic mass is 19.2. The highest BCUT2D eigenvalue weighted by Crippen LogP contribution is 2.21. The van der Waals surface area contributed by atoms with Crippen LogP contribution in [0.3, 0.4) is 0 Å². The Bertz CT molecular complexity index is 279. The van der Waals surface area contributed by atoms with Crippen LogP contribution in [-0.4, -0.2) is 7.11 Å². The zero-order valence-corrected chi connectivity index (χ0v) is 6.22. The van der Waals surface area contributed by atoms with E-state index >= 15 is 0 Å². The van der Waals surface area contributed by atoms with Crippen molar-refractivity contribution in [3.8, 4) is 0 Å². The summed E-state index contributed by atoms with van der Waals surface area (Å²) in [6.07, 6.45) is 0. The standard InChI is InChI=1S/C7H6F3NO/c1-12-11(10)6-4-2-3-5(8)7(6)9/h2-4H,1H3. The fraction of sp³-hybridized carbons (Fsp3) is 0.143. The van der Waals surface area contributed by atoms with Gasteiger partial charge < -0.3 is 0 Å². The fourth-order valence-electron chi connectivity index (χ4n) is 0.727. The fourth-order valence-corrected chi connectivity index (χ4v) is 0.727. The molecule has 0 bridgehead atoms. The summed E-state index contributed by atoms with van der Waals surface area (Å²) in [6.45, 7) is 0. The highest BCUT2D eigenvalue weighted by Gasteiger charge is 2.13. The quantitative estimate of drug-likeness (QED) is 0.507. The minimum Gasteiger partial charge on any atom is -0.248 e. The minimum atomic E-state index is -1.28. The van der Waals surface area contributed by atoms with Gasteiger partial charge >= 0.3 is 0 Å². The topological polar surface area (TPSA) is 12.5 Å². The van der Waals surface area contributed by atoms with Gasteiger partial charge in [-0.3, -0.25) is 0 Å². The van der Waals surface area contributed by atoms with E-state index < -0.39 is 17.3 Å². The van der Waals surface area contributed by atoms with Gasteiger partial charge in [-0.15, -0.1) is 0 Å². The molecule has 1 aromatic carbocycles. The lowest BCUT2D eigenvalue weighted by atomic mass is 10.3. The van der Waals surface area contributed by atoms with E-state index in [0.29, 0.717) is 0 Å². The van der Waals surface area contributed by atoms with Crippen molar-refractivity contribution in [3.63, 3.8) is 0 Å². The molecule has 0 unspecified atom stereocenters. The van der Waals surface area contributed by atoms with Crippen molar-refractivity contribution in [3.05, 3.63) is 29.8 Å². The van der Waals surface area contributed by atoms with Crippen molar-refractivity contribution in [1.29, 1.82) is 0 Å². The summed E-state index contributed by atoms with van der Waals surface area (Å²) in [7, 11) is 1.00. The van der Waals surface area contributed by atoms with E-state index in [4.69, 9.17) is 0 Å². The molecule has 0 aliphatic heterocycles. The Balaban J connectivity index is 3.07. The van der Waals surface area contributed by atoms with Crippen LogP contribution in [0.2, 0.25) is 0 Å². The average Bonchev–Trinajstić information content (AvgIpc) is 2.08. The number of benzene rings is 1. The molecule has 0 atom stereocenters. The normalized spacial score (nSPS) is 10.0. The van der Waals surface area contributed by atoms with Gasteiger partial charge in [0.15, 0.2) is 11.6 Å². The van der Waals surface area contributed by atoms with E-state index in [1.807, 2.05) is 0 Å². The molecule has 1 aromatic rings. The van der Waals surface area contributed by atoms with Gasteiger partial charge in [-0.25, -0.2) is 13.6 Å². The zero-order valence-electron chi connectivity index (χ0n) is 6.22. The van der Waals surface area contributed by atoms with Crippen molar-refractivity contribution in [2.45, 2.75) is 0 Å². The summed E-state index contributed by atoms with van der Waals surface area (Å²) in [5, 5.41) is -0.349. The van der Waals surface area contributed by atoms with E-state index in [0.717, 1.165) is 19.2 Å². The van der Waals surface area contributed by atoms with Gasteiger partial charge in [0.05, 0.1) is 7.11 Å². The molecule has 0 heterocycles. The molecular weight excluding hydrogens is 171 g/mol. The Kier molecular flexibility index (Phi) is 2.54. The van der Waals surface area contributed by atoms with E-state index in [-0.39, 0.29) is 5.29 Å². The summed E-state index contributed by atoms with van der Waals surface area (Å²) >= 11 is 0. The maximum Gasteiger partial charge on any atom is 0.187 e. The first kappa shape index (κ1) is 8.86. The number of halogens is 3. The summed E-state index contributed by atoms with van der Waals surface area (Å²) in [6, 6.07) is 3.13. The predicted molar refractivity (Wildman–Crippen MR) is 37.0 cm³/mol. The van der Waals surface area contributed by atoms with E-state index in [2.05, 4.69) is 4.84 Å². The molecule has 0 amide bonds. The average molecular weight is 177 g/mol. The van der Waals surface area contributed by atoms with Gasteiger partial charge in [0.25, 0.3) is 0 Å². The Morgan fingerprint density at radius 2 is 2.00 bits per heavy atom. The molecule has 2 nitrogen and oxygen atoms in total. The van der Waals surface area contributed by atoms with Crippen LogP contribution in [-0.2, 0) is 4.84 Å². The van der Waals surface area contributed by atoms with Crippen molar-refractivity contribution in [2.24, 2.45) is 0 Å². The number of rotatable bonds is 2. The summed E-state index contributed by atoms with van der Waals surface area (Å²) < 4.78 is 37.7. The molecule has 0 radical (unpaired) electrons. The number of nitrogens with zero attached hydrogens (tertiary/aromatic N) is 1. The van der Waals surface area contributed by atoms with E-state index in [1.165, 1.54) is 6.07 Å². The molecule has 0 aliphatic carbocycles. The second kappa shape index (κ2) is 3.44. The molecule has 0 fully saturated rings. The summed E-state index contributed by atoms with van der Waals surface area (Å²) in [5.74, 6) is -2.39. The van der Waals surface area contributed by atoms with E-state index in [9.17, 15) is 13.3 Å². The SMILES string of the molecule is CON(F)c1cccc(F)c1F. The molecule has 0 N–H and O–H groups in total. The van der Waals surface area contributed by atoms with Crippen LogP contribution in [0.15, 0.2) is 18.2 Å². The molecule has 0 saturated heterocycles. The maximum absolute atomic E-state index is 12.7. The third-order valence-corrected chi connectivity index (χ3v) is 1.28. The number of hydrogen-bond donors (Lipinski definition) is 0. The second-order valence-corrected chi connectivity index (χ2v) is 2.00. The molecular formula is C7H6F3NO. The van der Waals surface area contributed by atoms with Gasteiger partial charge in [-0.2, -0.15) is 0 Å². The van der Waals surface area contributed by atoms with Gasteiger partial charge in [-0.05, 0) is 12.1 Å². The largest absolute Gasteiger partial charge is 0.248 e. The van der Waals surface area contributed by atoms with Crippen molar-refractivity contribution in [1.82, 2.24) is 0 Å².